The van der Waals surface area contributed by atoms with Gasteiger partial charge in [0.2, 0.25) is 0 Å². The second-order valence-electron chi connectivity index (χ2n) is 5.34. The minimum Gasteiger partial charge on any atom is -0.396 e. The number of carbonyl (C=O) groups is 1. The van der Waals surface area contributed by atoms with Crippen molar-refractivity contribution in [1.29, 1.82) is 0 Å². The predicted octanol–water partition coefficient (Wildman–Crippen LogP) is 1.77. The van der Waals surface area contributed by atoms with Crippen molar-refractivity contribution in [3.8, 4) is 0 Å². The number of halogens is 1. The summed E-state index contributed by atoms with van der Waals surface area (Å²) in [7, 11) is 1.70. The Morgan fingerprint density at radius 3 is 2.75 bits per heavy atom. The number of nitrogens with two attached hydrogens (primary N) is 1. The van der Waals surface area contributed by atoms with Gasteiger partial charge in [0.05, 0.1) is 22.9 Å². The number of carbonyl (C=O) groups excluding carboxylic acids is 1. The molecular weight excluding hydrogens is 328 g/mol. The fourth-order valence-electron chi connectivity index (χ4n) is 2.77. The largest absolute Gasteiger partial charge is 0.396 e. The second kappa shape index (κ2) is 7.35. The Bertz CT molecular complexity index is 834. The molecule has 2 heterocycles. The minimum atomic E-state index is -0.221. The van der Waals surface area contributed by atoms with Crippen LogP contribution in [0.3, 0.4) is 0 Å². The normalized spacial score (nSPS) is 10.6. The molecule has 128 valence electrons. The number of fused-ring (bicyclic) bond motifs is 1. The number of para-hydroxylation sites is 2. The third-order valence-electron chi connectivity index (χ3n) is 3.87. The van der Waals surface area contributed by atoms with E-state index in [0.717, 1.165) is 23.4 Å². The van der Waals surface area contributed by atoms with Crippen LogP contribution in [0.15, 0.2) is 30.5 Å². The standard InChI is InChI=1S/C16H20N6O.ClH/c1-3-22-13-7-5-4-6-12(13)20-14(22)8-9-18-16(23)15-11(17)10-19-21(15)2;/h4-7,10H,3,8-9,17H2,1-2H3,(H,18,23);1H. The van der Waals surface area contributed by atoms with Gasteiger partial charge in [0.1, 0.15) is 11.5 Å². The molecule has 3 aromatic rings. The number of nitrogen functional groups attached to an aromatic ring is 1. The van der Waals surface area contributed by atoms with E-state index in [2.05, 4.69) is 33.0 Å². The molecular formula is C16H21ClN6O. The van der Waals surface area contributed by atoms with Crippen LogP contribution in [0.25, 0.3) is 11.0 Å². The number of aromatic nitrogens is 4. The molecule has 0 spiro atoms. The Balaban J connectivity index is 0.00000208. The van der Waals surface area contributed by atoms with E-state index < -0.39 is 0 Å². The highest BCUT2D eigenvalue weighted by molar-refractivity contribution is 5.97. The lowest BCUT2D eigenvalue weighted by atomic mass is 10.3. The summed E-state index contributed by atoms with van der Waals surface area (Å²) >= 11 is 0. The van der Waals surface area contributed by atoms with E-state index in [1.54, 1.807) is 7.05 Å². The third kappa shape index (κ3) is 3.21. The maximum absolute atomic E-state index is 12.2. The molecule has 8 heteroatoms. The predicted molar refractivity (Wildman–Crippen MR) is 96.3 cm³/mol. The first-order valence-corrected chi connectivity index (χ1v) is 7.61. The summed E-state index contributed by atoms with van der Waals surface area (Å²) in [6, 6.07) is 8.04. The molecule has 7 nitrogen and oxygen atoms in total. The molecule has 0 unspecified atom stereocenters. The van der Waals surface area contributed by atoms with Crippen molar-refractivity contribution in [2.75, 3.05) is 12.3 Å². The Morgan fingerprint density at radius 2 is 2.08 bits per heavy atom. The summed E-state index contributed by atoms with van der Waals surface area (Å²) in [6.45, 7) is 3.43. The van der Waals surface area contributed by atoms with Crippen LogP contribution in [-0.4, -0.2) is 31.8 Å². The molecule has 1 aromatic carbocycles. The quantitative estimate of drug-likeness (QED) is 0.735. The summed E-state index contributed by atoms with van der Waals surface area (Å²) in [5, 5.41) is 6.85. The molecule has 0 fully saturated rings. The number of aryl methyl sites for hydroxylation is 2. The summed E-state index contributed by atoms with van der Waals surface area (Å²) < 4.78 is 3.64. The maximum Gasteiger partial charge on any atom is 0.271 e. The highest BCUT2D eigenvalue weighted by Gasteiger charge is 2.15. The Morgan fingerprint density at radius 1 is 1.33 bits per heavy atom. The van der Waals surface area contributed by atoms with E-state index in [9.17, 15) is 4.79 Å². The summed E-state index contributed by atoms with van der Waals surface area (Å²) in [5.74, 6) is 0.744. The van der Waals surface area contributed by atoms with E-state index in [1.165, 1.54) is 10.9 Å². The molecule has 2 aromatic heterocycles. The van der Waals surface area contributed by atoms with Gasteiger partial charge in [-0.3, -0.25) is 9.48 Å². The lowest BCUT2D eigenvalue weighted by Gasteiger charge is -2.08. The smallest absolute Gasteiger partial charge is 0.271 e. The Labute approximate surface area is 146 Å². The molecule has 0 radical (unpaired) electrons. The fraction of sp³-hybridized carbons (Fsp3) is 0.312. The van der Waals surface area contributed by atoms with Gasteiger partial charge in [-0.1, -0.05) is 12.1 Å². The first-order chi connectivity index (χ1) is 11.1. The molecule has 0 aliphatic carbocycles. The Kier molecular flexibility index (Phi) is 5.46. The van der Waals surface area contributed by atoms with Gasteiger partial charge in [0.25, 0.3) is 5.91 Å². The number of hydrogen-bond donors (Lipinski definition) is 2. The number of nitrogens with one attached hydrogen (secondary N) is 1. The van der Waals surface area contributed by atoms with Crippen LogP contribution < -0.4 is 11.1 Å². The Hall–Kier alpha value is -2.54. The van der Waals surface area contributed by atoms with Crippen LogP contribution in [0.5, 0.6) is 0 Å². The van der Waals surface area contributed by atoms with Gasteiger partial charge in [-0.15, -0.1) is 12.4 Å². The van der Waals surface area contributed by atoms with Crippen LogP contribution in [0, 0.1) is 0 Å². The van der Waals surface area contributed by atoms with Gasteiger partial charge in [-0.2, -0.15) is 5.10 Å². The first kappa shape index (κ1) is 17.8. The SMILES string of the molecule is CCn1c(CCNC(=O)c2c(N)cnn2C)nc2ccccc21.Cl. The van der Waals surface area contributed by atoms with Crippen LogP contribution in [0.2, 0.25) is 0 Å². The molecule has 0 bridgehead atoms. The average Bonchev–Trinajstić information content (AvgIpc) is 3.06. The highest BCUT2D eigenvalue weighted by atomic mass is 35.5. The molecule has 0 atom stereocenters. The van der Waals surface area contributed by atoms with E-state index in [1.807, 2.05) is 18.2 Å². The number of hydrogen-bond acceptors (Lipinski definition) is 4. The van der Waals surface area contributed by atoms with Gasteiger partial charge in [0.15, 0.2) is 0 Å². The lowest BCUT2D eigenvalue weighted by molar-refractivity contribution is 0.0945. The number of anilines is 1. The zero-order valence-corrected chi connectivity index (χ0v) is 14.5. The van der Waals surface area contributed by atoms with Gasteiger partial charge >= 0.3 is 0 Å². The van der Waals surface area contributed by atoms with Crippen LogP contribution in [0.1, 0.15) is 23.2 Å². The van der Waals surface area contributed by atoms with Crippen LogP contribution in [0.4, 0.5) is 5.69 Å². The first-order valence-electron chi connectivity index (χ1n) is 7.61. The van der Waals surface area contributed by atoms with Crippen molar-refractivity contribution in [2.45, 2.75) is 19.9 Å². The van der Waals surface area contributed by atoms with Crippen molar-refractivity contribution in [2.24, 2.45) is 7.05 Å². The van der Waals surface area contributed by atoms with E-state index >= 15 is 0 Å². The lowest BCUT2D eigenvalue weighted by Crippen LogP contribution is -2.29. The number of benzene rings is 1. The summed E-state index contributed by atoms with van der Waals surface area (Å²) in [5.41, 5.74) is 8.62. The van der Waals surface area contributed by atoms with Crippen molar-refractivity contribution >= 4 is 35.0 Å². The number of imidazole rings is 1. The summed E-state index contributed by atoms with van der Waals surface area (Å²) in [4.78, 5) is 16.8. The average molecular weight is 349 g/mol. The van der Waals surface area contributed by atoms with Gasteiger partial charge in [0, 0.05) is 26.6 Å². The topological polar surface area (TPSA) is 90.8 Å². The van der Waals surface area contributed by atoms with Gasteiger partial charge in [-0.25, -0.2) is 4.98 Å². The van der Waals surface area contributed by atoms with Crippen LogP contribution in [-0.2, 0) is 20.0 Å². The molecule has 0 saturated heterocycles. The number of rotatable bonds is 5. The molecule has 0 aliphatic rings. The molecule has 0 aliphatic heterocycles. The zero-order valence-electron chi connectivity index (χ0n) is 13.7. The molecule has 3 rings (SSSR count). The van der Waals surface area contributed by atoms with Gasteiger partial charge < -0.3 is 15.6 Å². The minimum absolute atomic E-state index is 0. The zero-order chi connectivity index (χ0) is 16.4. The van der Waals surface area contributed by atoms with E-state index in [0.29, 0.717) is 24.3 Å². The highest BCUT2D eigenvalue weighted by Crippen LogP contribution is 2.16. The van der Waals surface area contributed by atoms with Crippen molar-refractivity contribution in [1.82, 2.24) is 24.6 Å². The second-order valence-corrected chi connectivity index (χ2v) is 5.34. The number of nitrogens with zero attached hydrogens (tertiary/aromatic N) is 4. The third-order valence-corrected chi connectivity index (χ3v) is 3.87. The molecule has 3 N–H and O–H groups in total. The number of amides is 1. The van der Waals surface area contributed by atoms with E-state index in [-0.39, 0.29) is 18.3 Å². The molecule has 24 heavy (non-hydrogen) atoms. The van der Waals surface area contributed by atoms with Crippen molar-refractivity contribution in [3.63, 3.8) is 0 Å². The van der Waals surface area contributed by atoms with Crippen LogP contribution >= 0.6 is 12.4 Å². The fourth-order valence-corrected chi connectivity index (χ4v) is 2.77. The van der Waals surface area contributed by atoms with Crippen molar-refractivity contribution in [3.05, 3.63) is 42.0 Å². The van der Waals surface area contributed by atoms with E-state index in [4.69, 9.17) is 5.73 Å². The van der Waals surface area contributed by atoms with Crippen molar-refractivity contribution < 1.29 is 4.79 Å². The monoisotopic (exact) mass is 348 g/mol. The maximum atomic E-state index is 12.2. The van der Waals surface area contributed by atoms with Gasteiger partial charge in [-0.05, 0) is 19.1 Å². The molecule has 1 amide bonds. The molecule has 0 saturated carbocycles. The summed E-state index contributed by atoms with van der Waals surface area (Å²) in [6.07, 6.45) is 2.14.